The van der Waals surface area contributed by atoms with E-state index in [-0.39, 0.29) is 0 Å². The van der Waals surface area contributed by atoms with Crippen LogP contribution in [0.25, 0.3) is 0 Å². The van der Waals surface area contributed by atoms with Gasteiger partial charge >= 0.3 is 0 Å². The van der Waals surface area contributed by atoms with Crippen LogP contribution in [0.1, 0.15) is 36.2 Å². The van der Waals surface area contributed by atoms with Crippen LogP contribution < -0.4 is 5.32 Å². The van der Waals surface area contributed by atoms with Gasteiger partial charge in [0, 0.05) is 51.0 Å². The smallest absolute Gasteiger partial charge is 0.0641 e. The molecule has 0 radical (unpaired) electrons. The van der Waals surface area contributed by atoms with E-state index >= 15 is 0 Å². The van der Waals surface area contributed by atoms with Crippen LogP contribution >= 0.6 is 0 Å². The predicted molar refractivity (Wildman–Crippen MR) is 94.6 cm³/mol. The molecule has 1 aromatic heterocycles. The Kier molecular flexibility index (Phi) is 5.72. The van der Waals surface area contributed by atoms with Crippen molar-refractivity contribution < 1.29 is 0 Å². The van der Waals surface area contributed by atoms with E-state index in [0.29, 0.717) is 0 Å². The van der Waals surface area contributed by atoms with Gasteiger partial charge < -0.3 is 10.2 Å². The van der Waals surface area contributed by atoms with Gasteiger partial charge in [-0.2, -0.15) is 5.10 Å². The Bertz CT molecular complexity index is 496. The SMILES string of the molecule is Cc1nn(C)c(C)c1CN1CCN(CCC2CCCNC2)CC1. The van der Waals surface area contributed by atoms with Crippen LogP contribution in [0.5, 0.6) is 0 Å². The van der Waals surface area contributed by atoms with Crippen molar-refractivity contribution in [2.45, 2.75) is 39.7 Å². The summed E-state index contributed by atoms with van der Waals surface area (Å²) in [5.41, 5.74) is 3.93. The first-order valence-electron chi connectivity index (χ1n) is 9.28. The summed E-state index contributed by atoms with van der Waals surface area (Å²) >= 11 is 0. The van der Waals surface area contributed by atoms with Crippen molar-refractivity contribution in [3.63, 3.8) is 0 Å². The van der Waals surface area contributed by atoms with E-state index in [1.807, 2.05) is 11.7 Å². The number of piperazine rings is 1. The topological polar surface area (TPSA) is 36.3 Å². The third-order valence-electron chi connectivity index (χ3n) is 5.76. The first-order chi connectivity index (χ1) is 11.1. The molecule has 2 aliphatic heterocycles. The predicted octanol–water partition coefficient (Wildman–Crippen LogP) is 1.54. The fraction of sp³-hybridized carbons (Fsp3) is 0.833. The Morgan fingerprint density at radius 3 is 2.48 bits per heavy atom. The highest BCUT2D eigenvalue weighted by molar-refractivity contribution is 5.24. The highest BCUT2D eigenvalue weighted by atomic mass is 15.3. The summed E-state index contributed by atoms with van der Waals surface area (Å²) in [7, 11) is 2.05. The maximum Gasteiger partial charge on any atom is 0.0641 e. The van der Waals surface area contributed by atoms with Gasteiger partial charge in [0.15, 0.2) is 0 Å². The first-order valence-corrected chi connectivity index (χ1v) is 9.28. The number of rotatable bonds is 5. The molecular formula is C18H33N5. The molecule has 1 atom stereocenters. The van der Waals surface area contributed by atoms with Gasteiger partial charge in [-0.1, -0.05) is 0 Å². The van der Waals surface area contributed by atoms with Crippen molar-refractivity contribution >= 4 is 0 Å². The highest BCUT2D eigenvalue weighted by Crippen LogP contribution is 2.18. The van der Waals surface area contributed by atoms with E-state index < -0.39 is 0 Å². The molecule has 1 unspecified atom stereocenters. The largest absolute Gasteiger partial charge is 0.316 e. The normalized spacial score (nSPS) is 24.2. The van der Waals surface area contributed by atoms with Gasteiger partial charge in [-0.15, -0.1) is 0 Å². The van der Waals surface area contributed by atoms with Crippen LogP contribution in [-0.4, -0.2) is 65.4 Å². The van der Waals surface area contributed by atoms with Crippen molar-refractivity contribution in [1.82, 2.24) is 24.9 Å². The van der Waals surface area contributed by atoms with Crippen molar-refractivity contribution in [1.29, 1.82) is 0 Å². The zero-order valence-corrected chi connectivity index (χ0v) is 15.1. The molecule has 0 spiro atoms. The summed E-state index contributed by atoms with van der Waals surface area (Å²) in [6.45, 7) is 13.9. The summed E-state index contributed by atoms with van der Waals surface area (Å²) < 4.78 is 2.01. The van der Waals surface area contributed by atoms with Crippen molar-refractivity contribution in [2.75, 3.05) is 45.8 Å². The Balaban J connectivity index is 1.41. The zero-order chi connectivity index (χ0) is 16.2. The average molecular weight is 319 g/mol. The second-order valence-corrected chi connectivity index (χ2v) is 7.39. The van der Waals surface area contributed by atoms with Crippen LogP contribution in [0, 0.1) is 19.8 Å². The lowest BCUT2D eigenvalue weighted by atomic mass is 9.96. The van der Waals surface area contributed by atoms with Gasteiger partial charge in [-0.25, -0.2) is 0 Å². The standard InChI is InChI=1S/C18H33N5/c1-15-18(16(2)21(3)20-15)14-23-11-9-22(10-12-23)8-6-17-5-4-7-19-13-17/h17,19H,4-14H2,1-3H3. The number of nitrogens with one attached hydrogen (secondary N) is 1. The molecule has 1 aromatic rings. The lowest BCUT2D eigenvalue weighted by Crippen LogP contribution is -2.46. The number of hydrogen-bond acceptors (Lipinski definition) is 4. The number of aryl methyl sites for hydroxylation is 2. The van der Waals surface area contributed by atoms with Gasteiger partial charge in [-0.3, -0.25) is 9.58 Å². The molecule has 2 saturated heterocycles. The fourth-order valence-electron chi connectivity index (χ4n) is 3.98. The summed E-state index contributed by atoms with van der Waals surface area (Å²) in [4.78, 5) is 5.25. The van der Waals surface area contributed by atoms with E-state index in [1.165, 1.54) is 82.0 Å². The lowest BCUT2D eigenvalue weighted by molar-refractivity contribution is 0.119. The fourth-order valence-corrected chi connectivity index (χ4v) is 3.98. The third-order valence-corrected chi connectivity index (χ3v) is 5.76. The Labute approximate surface area is 141 Å². The lowest BCUT2D eigenvalue weighted by Gasteiger charge is -2.35. The molecule has 0 aromatic carbocycles. The molecule has 0 aliphatic carbocycles. The van der Waals surface area contributed by atoms with Gasteiger partial charge in [0.2, 0.25) is 0 Å². The van der Waals surface area contributed by atoms with E-state index in [0.717, 1.165) is 12.5 Å². The minimum absolute atomic E-state index is 0.905. The van der Waals surface area contributed by atoms with Crippen LogP contribution in [0.4, 0.5) is 0 Å². The van der Waals surface area contributed by atoms with E-state index in [1.54, 1.807) is 0 Å². The maximum atomic E-state index is 4.55. The van der Waals surface area contributed by atoms with Gasteiger partial charge in [-0.05, 0) is 58.7 Å². The summed E-state index contributed by atoms with van der Waals surface area (Å²) in [5, 5.41) is 8.08. The molecule has 130 valence electrons. The number of aromatic nitrogens is 2. The quantitative estimate of drug-likeness (QED) is 0.893. The van der Waals surface area contributed by atoms with E-state index in [2.05, 4.69) is 34.1 Å². The molecule has 23 heavy (non-hydrogen) atoms. The highest BCUT2D eigenvalue weighted by Gasteiger charge is 2.21. The Morgan fingerprint density at radius 1 is 1.13 bits per heavy atom. The summed E-state index contributed by atoms with van der Waals surface area (Å²) in [5.74, 6) is 0.905. The molecule has 1 N–H and O–H groups in total. The van der Waals surface area contributed by atoms with Crippen molar-refractivity contribution in [3.05, 3.63) is 17.0 Å². The molecule has 0 bridgehead atoms. The van der Waals surface area contributed by atoms with E-state index in [4.69, 9.17) is 0 Å². The van der Waals surface area contributed by atoms with E-state index in [9.17, 15) is 0 Å². The van der Waals surface area contributed by atoms with Crippen molar-refractivity contribution in [2.24, 2.45) is 13.0 Å². The molecule has 5 nitrogen and oxygen atoms in total. The second kappa shape index (κ2) is 7.77. The molecule has 3 rings (SSSR count). The minimum Gasteiger partial charge on any atom is -0.316 e. The third kappa shape index (κ3) is 4.34. The monoisotopic (exact) mass is 319 g/mol. The Morgan fingerprint density at radius 2 is 1.87 bits per heavy atom. The van der Waals surface area contributed by atoms with Crippen LogP contribution in [-0.2, 0) is 13.6 Å². The number of piperidine rings is 1. The van der Waals surface area contributed by atoms with Crippen molar-refractivity contribution in [3.8, 4) is 0 Å². The molecule has 5 heteroatoms. The molecule has 2 aliphatic rings. The minimum atomic E-state index is 0.905. The molecule has 3 heterocycles. The second-order valence-electron chi connectivity index (χ2n) is 7.39. The van der Waals surface area contributed by atoms with Gasteiger partial charge in [0.25, 0.3) is 0 Å². The maximum absolute atomic E-state index is 4.55. The number of nitrogens with zero attached hydrogens (tertiary/aromatic N) is 4. The van der Waals surface area contributed by atoms with Crippen LogP contribution in [0.15, 0.2) is 0 Å². The number of hydrogen-bond donors (Lipinski definition) is 1. The Hall–Kier alpha value is -0.910. The molecular weight excluding hydrogens is 286 g/mol. The molecule has 2 fully saturated rings. The van der Waals surface area contributed by atoms with Crippen LogP contribution in [0.3, 0.4) is 0 Å². The average Bonchev–Trinajstić information content (AvgIpc) is 2.81. The first kappa shape index (κ1) is 16.9. The zero-order valence-electron chi connectivity index (χ0n) is 15.1. The van der Waals surface area contributed by atoms with Crippen LogP contribution in [0.2, 0.25) is 0 Å². The summed E-state index contributed by atoms with van der Waals surface area (Å²) in [6.07, 6.45) is 4.16. The van der Waals surface area contributed by atoms with Gasteiger partial charge in [0.1, 0.15) is 0 Å². The molecule has 0 amide bonds. The van der Waals surface area contributed by atoms with Gasteiger partial charge in [0.05, 0.1) is 5.69 Å². The molecule has 0 saturated carbocycles. The summed E-state index contributed by atoms with van der Waals surface area (Å²) in [6, 6.07) is 0.